The molecule has 2 aliphatic carbocycles. The van der Waals surface area contributed by atoms with Gasteiger partial charge in [0.05, 0.1) is 0 Å². The number of alkyl halides is 2. The monoisotopic (exact) mass is 176 g/mol. The Labute approximate surface area is 71.2 Å². The van der Waals surface area contributed by atoms with Gasteiger partial charge in [0.15, 0.2) is 0 Å². The molecule has 2 aliphatic rings. The Kier molecular flexibility index (Phi) is 1.50. The summed E-state index contributed by atoms with van der Waals surface area (Å²) in [6, 6.07) is 0. The lowest BCUT2D eigenvalue weighted by Crippen LogP contribution is -1.91. The van der Waals surface area contributed by atoms with Crippen LogP contribution in [0.5, 0.6) is 0 Å². The fourth-order valence-electron chi connectivity index (χ4n) is 1.75. The molecule has 0 N–H and O–H groups in total. The van der Waals surface area contributed by atoms with E-state index >= 15 is 0 Å². The van der Waals surface area contributed by atoms with Crippen molar-refractivity contribution in [1.82, 2.24) is 0 Å². The lowest BCUT2D eigenvalue weighted by Gasteiger charge is -1.97. The molecule has 0 heterocycles. The van der Waals surface area contributed by atoms with Crippen LogP contribution >= 0.6 is 23.2 Å². The van der Waals surface area contributed by atoms with Gasteiger partial charge < -0.3 is 0 Å². The van der Waals surface area contributed by atoms with Crippen molar-refractivity contribution in [3.8, 4) is 0 Å². The first-order valence-electron chi connectivity index (χ1n) is 3.77. The molecular weight excluding hydrogens is 167 g/mol. The van der Waals surface area contributed by atoms with Crippen molar-refractivity contribution in [3.63, 3.8) is 0 Å². The van der Waals surface area contributed by atoms with E-state index in [4.69, 9.17) is 23.2 Å². The zero-order valence-electron chi connectivity index (χ0n) is 5.69. The van der Waals surface area contributed by atoms with Crippen molar-refractivity contribution in [2.45, 2.75) is 23.6 Å². The zero-order chi connectivity index (χ0) is 7.19. The number of rotatable bonds is 0. The molecule has 0 aromatic carbocycles. The van der Waals surface area contributed by atoms with Gasteiger partial charge in [-0.25, -0.2) is 0 Å². The highest BCUT2D eigenvalue weighted by Crippen LogP contribution is 2.62. The summed E-state index contributed by atoms with van der Waals surface area (Å²) >= 11 is 12.0. The van der Waals surface area contributed by atoms with Crippen molar-refractivity contribution in [2.24, 2.45) is 11.8 Å². The molecule has 0 aromatic rings. The average molecular weight is 177 g/mol. The first kappa shape index (κ1) is 7.00. The summed E-state index contributed by atoms with van der Waals surface area (Å²) in [4.78, 5) is 0. The Bertz CT molecular complexity index is 172. The molecule has 10 heavy (non-hydrogen) atoms. The van der Waals surface area contributed by atoms with Crippen molar-refractivity contribution in [3.05, 3.63) is 12.2 Å². The van der Waals surface area contributed by atoms with Crippen LogP contribution in [0.2, 0.25) is 0 Å². The topological polar surface area (TPSA) is 0 Å². The van der Waals surface area contributed by atoms with Gasteiger partial charge in [-0.05, 0) is 19.3 Å². The van der Waals surface area contributed by atoms with E-state index in [1.165, 1.54) is 19.3 Å². The molecule has 0 aromatic heterocycles. The van der Waals surface area contributed by atoms with Crippen molar-refractivity contribution in [2.75, 3.05) is 0 Å². The van der Waals surface area contributed by atoms with E-state index in [-0.39, 0.29) is 0 Å². The molecule has 1 fully saturated rings. The molecule has 2 rings (SSSR count). The predicted molar refractivity (Wildman–Crippen MR) is 44.4 cm³/mol. The molecule has 0 aliphatic heterocycles. The summed E-state index contributed by atoms with van der Waals surface area (Å²) in [6.45, 7) is 0. The number of allylic oxidation sites excluding steroid dienone is 2. The van der Waals surface area contributed by atoms with Crippen LogP contribution in [0.3, 0.4) is 0 Å². The van der Waals surface area contributed by atoms with Crippen LogP contribution < -0.4 is 0 Å². The quantitative estimate of drug-likeness (QED) is 0.393. The second-order valence-electron chi connectivity index (χ2n) is 3.17. The lowest BCUT2D eigenvalue weighted by atomic mass is 10.2. The number of hydrogen-bond donors (Lipinski definition) is 0. The third-order valence-corrected chi connectivity index (χ3v) is 3.56. The number of fused-ring (bicyclic) bond motifs is 1. The van der Waals surface area contributed by atoms with E-state index in [0.717, 1.165) is 0 Å². The van der Waals surface area contributed by atoms with Crippen LogP contribution in [0.15, 0.2) is 12.2 Å². The summed E-state index contributed by atoms with van der Waals surface area (Å²) in [5, 5.41) is 0. The Morgan fingerprint density at radius 3 is 3.00 bits per heavy atom. The van der Waals surface area contributed by atoms with Crippen LogP contribution in [-0.4, -0.2) is 4.33 Å². The minimum absolute atomic E-state index is 0.406. The second-order valence-corrected chi connectivity index (χ2v) is 4.61. The molecule has 0 spiro atoms. The molecule has 1 saturated carbocycles. The van der Waals surface area contributed by atoms with E-state index < -0.39 is 4.33 Å². The largest absolute Gasteiger partial charge is 0.128 e. The van der Waals surface area contributed by atoms with E-state index in [1.54, 1.807) is 0 Å². The highest BCUT2D eigenvalue weighted by Gasteiger charge is 2.61. The Morgan fingerprint density at radius 2 is 2.20 bits per heavy atom. The molecule has 56 valence electrons. The second kappa shape index (κ2) is 2.15. The van der Waals surface area contributed by atoms with Crippen molar-refractivity contribution >= 4 is 23.2 Å². The lowest BCUT2D eigenvalue weighted by molar-refractivity contribution is 0.663. The van der Waals surface area contributed by atoms with Crippen molar-refractivity contribution < 1.29 is 0 Å². The maximum Gasteiger partial charge on any atom is 0.128 e. The standard InChI is InChI=1S/C8H10Cl2/c9-8(10)6-4-2-1-3-5-7(6)8/h2,4,6-7H,1,3,5H2. The number of hydrogen-bond acceptors (Lipinski definition) is 0. The van der Waals surface area contributed by atoms with Gasteiger partial charge in [0.2, 0.25) is 0 Å². The highest BCUT2D eigenvalue weighted by molar-refractivity contribution is 6.51. The molecule has 0 nitrogen and oxygen atoms in total. The fraction of sp³-hybridized carbons (Fsp3) is 0.750. The van der Waals surface area contributed by atoms with E-state index in [2.05, 4.69) is 12.2 Å². The minimum Gasteiger partial charge on any atom is -0.101 e. The molecular formula is C8H10Cl2. The maximum atomic E-state index is 6.00. The summed E-state index contributed by atoms with van der Waals surface area (Å²) in [5.74, 6) is 1.01. The van der Waals surface area contributed by atoms with Gasteiger partial charge in [-0.3, -0.25) is 0 Å². The first-order valence-corrected chi connectivity index (χ1v) is 4.53. The molecule has 0 radical (unpaired) electrons. The fourth-order valence-corrected chi connectivity index (χ4v) is 2.56. The summed E-state index contributed by atoms with van der Waals surface area (Å²) in [7, 11) is 0. The molecule has 2 heteroatoms. The van der Waals surface area contributed by atoms with E-state index in [9.17, 15) is 0 Å². The molecule has 2 unspecified atom stereocenters. The third kappa shape index (κ3) is 0.895. The predicted octanol–water partition coefficient (Wildman–Crippen LogP) is 3.15. The Balaban J connectivity index is 2.13. The summed E-state index contributed by atoms with van der Waals surface area (Å²) < 4.78 is -0.406. The van der Waals surface area contributed by atoms with Crippen LogP contribution in [0.25, 0.3) is 0 Å². The summed E-state index contributed by atoms with van der Waals surface area (Å²) in [5.41, 5.74) is 0. The minimum atomic E-state index is -0.406. The van der Waals surface area contributed by atoms with Crippen LogP contribution in [0.1, 0.15) is 19.3 Å². The first-order chi connectivity index (χ1) is 4.73. The average Bonchev–Trinajstić information content (AvgIpc) is 2.47. The SMILES string of the molecule is ClC1(Cl)C2C=CCCCC21. The smallest absolute Gasteiger partial charge is 0.101 e. The molecule has 0 saturated heterocycles. The number of halogens is 2. The van der Waals surface area contributed by atoms with E-state index in [0.29, 0.717) is 11.8 Å². The van der Waals surface area contributed by atoms with Crippen molar-refractivity contribution in [1.29, 1.82) is 0 Å². The molecule has 0 bridgehead atoms. The molecule has 0 amide bonds. The van der Waals surface area contributed by atoms with Gasteiger partial charge in [-0.2, -0.15) is 0 Å². The van der Waals surface area contributed by atoms with E-state index in [1.807, 2.05) is 0 Å². The zero-order valence-corrected chi connectivity index (χ0v) is 7.20. The van der Waals surface area contributed by atoms with Crippen LogP contribution in [0.4, 0.5) is 0 Å². The van der Waals surface area contributed by atoms with Gasteiger partial charge in [-0.15, -0.1) is 23.2 Å². The summed E-state index contributed by atoms with van der Waals surface area (Å²) in [6.07, 6.45) is 8.04. The molecule has 2 atom stereocenters. The Hall–Kier alpha value is 0.320. The Morgan fingerprint density at radius 1 is 1.40 bits per heavy atom. The maximum absolute atomic E-state index is 6.00. The van der Waals surface area contributed by atoms with Gasteiger partial charge in [0.25, 0.3) is 0 Å². The van der Waals surface area contributed by atoms with Gasteiger partial charge in [0, 0.05) is 11.8 Å². The highest BCUT2D eigenvalue weighted by atomic mass is 35.5. The van der Waals surface area contributed by atoms with Gasteiger partial charge in [-0.1, -0.05) is 12.2 Å². The third-order valence-electron chi connectivity index (χ3n) is 2.49. The van der Waals surface area contributed by atoms with Crippen LogP contribution in [0, 0.1) is 11.8 Å². The van der Waals surface area contributed by atoms with Gasteiger partial charge in [0.1, 0.15) is 4.33 Å². The normalized spacial score (nSPS) is 42.2. The van der Waals surface area contributed by atoms with Crippen LogP contribution in [-0.2, 0) is 0 Å². The van der Waals surface area contributed by atoms with Gasteiger partial charge >= 0.3 is 0 Å².